The molecule has 0 aliphatic heterocycles. The van der Waals surface area contributed by atoms with E-state index in [0.717, 1.165) is 5.56 Å². The Hall–Kier alpha value is -1.94. The number of nitrogens with two attached hydrogens (primary N) is 1. The maximum Gasteiger partial charge on any atom is 0.342 e. The first-order chi connectivity index (χ1) is 9.04. The zero-order valence-corrected chi connectivity index (χ0v) is 11.5. The van der Waals surface area contributed by atoms with Gasteiger partial charge in [0, 0.05) is 16.3 Å². The molecule has 0 radical (unpaired) electrons. The fourth-order valence-electron chi connectivity index (χ4n) is 1.98. The largest absolute Gasteiger partial charge is 0.462 e. The summed E-state index contributed by atoms with van der Waals surface area (Å²) in [6, 6.07) is 7.28. The number of aromatic amines is 1. The Morgan fingerprint density at radius 3 is 2.84 bits per heavy atom. The predicted octanol–water partition coefficient (Wildman–Crippen LogP) is 3.40. The van der Waals surface area contributed by atoms with Gasteiger partial charge in [0.15, 0.2) is 0 Å². The number of benzene rings is 1. The minimum Gasteiger partial charge on any atom is -0.462 e. The van der Waals surface area contributed by atoms with Gasteiger partial charge in [0.05, 0.1) is 18.0 Å². The summed E-state index contributed by atoms with van der Waals surface area (Å²) in [6.45, 7) is 3.86. The molecule has 5 heteroatoms. The molecule has 0 spiro atoms. The second-order valence-electron chi connectivity index (χ2n) is 4.14. The second kappa shape index (κ2) is 5.36. The highest BCUT2D eigenvalue weighted by molar-refractivity contribution is 6.30. The molecule has 1 aromatic heterocycles. The zero-order valence-electron chi connectivity index (χ0n) is 10.8. The number of H-pyrrole nitrogens is 1. The van der Waals surface area contributed by atoms with Crippen molar-refractivity contribution in [3.8, 4) is 11.3 Å². The van der Waals surface area contributed by atoms with Crippen LogP contribution in [0.25, 0.3) is 11.3 Å². The molecule has 0 aliphatic rings. The molecule has 0 bridgehead atoms. The number of hydrogen-bond donors (Lipinski definition) is 2. The van der Waals surface area contributed by atoms with Crippen molar-refractivity contribution in [2.24, 2.45) is 0 Å². The van der Waals surface area contributed by atoms with Crippen molar-refractivity contribution in [3.63, 3.8) is 0 Å². The Kier molecular flexibility index (Phi) is 3.81. The number of esters is 1. The minimum atomic E-state index is -0.415. The standard InChI is InChI=1S/C14H15ClN2O2/c1-3-19-14(18)11-8(2)17-13(12(11)16)9-5-4-6-10(15)7-9/h4-7,17H,3,16H2,1-2H3. The van der Waals surface area contributed by atoms with Crippen molar-refractivity contribution in [1.82, 2.24) is 4.98 Å². The van der Waals surface area contributed by atoms with Gasteiger partial charge >= 0.3 is 5.97 Å². The topological polar surface area (TPSA) is 68.1 Å². The Bertz CT molecular complexity index is 620. The van der Waals surface area contributed by atoms with Crippen molar-refractivity contribution in [3.05, 3.63) is 40.5 Å². The summed E-state index contributed by atoms with van der Waals surface area (Å²) in [5, 5.41) is 0.613. The average Bonchev–Trinajstić information content (AvgIpc) is 2.65. The molecule has 0 unspecified atom stereocenters. The van der Waals surface area contributed by atoms with Crippen LogP contribution in [0.1, 0.15) is 23.0 Å². The number of halogens is 1. The van der Waals surface area contributed by atoms with Crippen molar-refractivity contribution < 1.29 is 9.53 Å². The number of anilines is 1. The maximum absolute atomic E-state index is 11.8. The molecule has 0 aliphatic carbocycles. The van der Waals surface area contributed by atoms with Gasteiger partial charge in [-0.05, 0) is 26.0 Å². The van der Waals surface area contributed by atoms with Crippen LogP contribution in [0.5, 0.6) is 0 Å². The van der Waals surface area contributed by atoms with E-state index in [1.807, 2.05) is 12.1 Å². The van der Waals surface area contributed by atoms with Crippen LogP contribution in [-0.4, -0.2) is 17.6 Å². The van der Waals surface area contributed by atoms with Gasteiger partial charge < -0.3 is 15.5 Å². The van der Waals surface area contributed by atoms with Gasteiger partial charge in [-0.15, -0.1) is 0 Å². The molecule has 0 saturated carbocycles. The van der Waals surface area contributed by atoms with Gasteiger partial charge in [-0.3, -0.25) is 0 Å². The summed E-state index contributed by atoms with van der Waals surface area (Å²) in [5.74, 6) is -0.415. The van der Waals surface area contributed by atoms with E-state index in [2.05, 4.69) is 4.98 Å². The highest BCUT2D eigenvalue weighted by Crippen LogP contribution is 2.32. The molecule has 2 aromatic rings. The number of aryl methyl sites for hydroxylation is 1. The first-order valence-corrected chi connectivity index (χ1v) is 6.33. The lowest BCUT2D eigenvalue weighted by atomic mass is 10.1. The molecule has 3 N–H and O–H groups in total. The smallest absolute Gasteiger partial charge is 0.342 e. The molecule has 100 valence electrons. The van der Waals surface area contributed by atoms with Gasteiger partial charge in [0.2, 0.25) is 0 Å². The lowest BCUT2D eigenvalue weighted by Crippen LogP contribution is -2.07. The van der Waals surface area contributed by atoms with Gasteiger partial charge in [0.1, 0.15) is 5.56 Å². The number of nitrogen functional groups attached to an aromatic ring is 1. The Labute approximate surface area is 116 Å². The summed E-state index contributed by atoms with van der Waals surface area (Å²) >= 11 is 5.96. The summed E-state index contributed by atoms with van der Waals surface area (Å²) in [4.78, 5) is 15.0. The number of rotatable bonds is 3. The highest BCUT2D eigenvalue weighted by Gasteiger charge is 2.20. The van der Waals surface area contributed by atoms with E-state index < -0.39 is 5.97 Å². The van der Waals surface area contributed by atoms with Gasteiger partial charge in [-0.1, -0.05) is 23.7 Å². The van der Waals surface area contributed by atoms with E-state index in [4.69, 9.17) is 22.1 Å². The molecule has 2 rings (SSSR count). The monoisotopic (exact) mass is 278 g/mol. The SMILES string of the molecule is CCOC(=O)c1c(C)[nH]c(-c2cccc(Cl)c2)c1N. The van der Waals surface area contributed by atoms with E-state index >= 15 is 0 Å². The van der Waals surface area contributed by atoms with Crippen LogP contribution in [0.4, 0.5) is 5.69 Å². The second-order valence-corrected chi connectivity index (χ2v) is 4.58. The summed E-state index contributed by atoms with van der Waals surface area (Å²) < 4.78 is 5.00. The normalized spacial score (nSPS) is 10.5. The van der Waals surface area contributed by atoms with Crippen LogP contribution in [0.2, 0.25) is 5.02 Å². The summed E-state index contributed by atoms with van der Waals surface area (Å²) in [5.41, 5.74) is 9.02. The number of ether oxygens (including phenoxy) is 1. The maximum atomic E-state index is 11.8. The van der Waals surface area contributed by atoms with Crippen LogP contribution in [-0.2, 0) is 4.74 Å². The van der Waals surface area contributed by atoms with E-state index in [0.29, 0.717) is 34.3 Å². The third-order valence-corrected chi connectivity index (χ3v) is 3.05. The highest BCUT2D eigenvalue weighted by atomic mass is 35.5. The minimum absolute atomic E-state index is 0.315. The van der Waals surface area contributed by atoms with Crippen LogP contribution in [0.15, 0.2) is 24.3 Å². The van der Waals surface area contributed by atoms with Gasteiger partial charge in [0.25, 0.3) is 0 Å². The van der Waals surface area contributed by atoms with Crippen LogP contribution < -0.4 is 5.73 Å². The molecule has 19 heavy (non-hydrogen) atoms. The van der Waals surface area contributed by atoms with E-state index in [1.54, 1.807) is 26.0 Å². The molecule has 0 fully saturated rings. The summed E-state index contributed by atoms with van der Waals surface area (Å²) in [6.07, 6.45) is 0. The van der Waals surface area contributed by atoms with E-state index in [9.17, 15) is 4.79 Å². The first-order valence-electron chi connectivity index (χ1n) is 5.95. The van der Waals surface area contributed by atoms with Crippen molar-refractivity contribution in [2.45, 2.75) is 13.8 Å². The fraction of sp³-hybridized carbons (Fsp3) is 0.214. The zero-order chi connectivity index (χ0) is 14.0. The molecule has 1 heterocycles. The number of carbonyl (C=O) groups is 1. The van der Waals surface area contributed by atoms with Crippen molar-refractivity contribution in [1.29, 1.82) is 0 Å². The molecular weight excluding hydrogens is 264 g/mol. The number of carbonyl (C=O) groups excluding carboxylic acids is 1. The number of aromatic nitrogens is 1. The third-order valence-electron chi connectivity index (χ3n) is 2.82. The first kappa shape index (κ1) is 13.5. The van der Waals surface area contributed by atoms with Crippen molar-refractivity contribution >= 4 is 23.3 Å². The van der Waals surface area contributed by atoms with Gasteiger partial charge in [-0.25, -0.2) is 4.79 Å². The quantitative estimate of drug-likeness (QED) is 0.846. The Morgan fingerprint density at radius 1 is 1.47 bits per heavy atom. The Morgan fingerprint density at radius 2 is 2.21 bits per heavy atom. The molecular formula is C14H15ClN2O2. The molecule has 0 atom stereocenters. The van der Waals surface area contributed by atoms with Crippen LogP contribution >= 0.6 is 11.6 Å². The number of hydrogen-bond acceptors (Lipinski definition) is 3. The lowest BCUT2D eigenvalue weighted by Gasteiger charge is -2.03. The van der Waals surface area contributed by atoms with Crippen LogP contribution in [0.3, 0.4) is 0 Å². The molecule has 0 amide bonds. The van der Waals surface area contributed by atoms with Crippen molar-refractivity contribution in [2.75, 3.05) is 12.3 Å². The number of nitrogens with one attached hydrogen (secondary N) is 1. The predicted molar refractivity (Wildman–Crippen MR) is 76.3 cm³/mol. The average molecular weight is 279 g/mol. The third kappa shape index (κ3) is 2.58. The van der Waals surface area contributed by atoms with Crippen LogP contribution in [0, 0.1) is 6.92 Å². The van der Waals surface area contributed by atoms with Gasteiger partial charge in [-0.2, -0.15) is 0 Å². The lowest BCUT2D eigenvalue weighted by molar-refractivity contribution is 0.0527. The summed E-state index contributed by atoms with van der Waals surface area (Å²) in [7, 11) is 0. The molecule has 1 aromatic carbocycles. The molecule has 4 nitrogen and oxygen atoms in total. The van der Waals surface area contributed by atoms with E-state index in [1.165, 1.54) is 0 Å². The fourth-order valence-corrected chi connectivity index (χ4v) is 2.17. The molecule has 0 saturated heterocycles. The van der Waals surface area contributed by atoms with E-state index in [-0.39, 0.29) is 0 Å². The Balaban J connectivity index is 2.50.